The van der Waals surface area contributed by atoms with Gasteiger partial charge in [0.25, 0.3) is 0 Å². The van der Waals surface area contributed by atoms with Crippen LogP contribution < -0.4 is 14.2 Å². The van der Waals surface area contributed by atoms with E-state index in [0.29, 0.717) is 30.3 Å². The topological polar surface area (TPSA) is 81.7 Å². The van der Waals surface area contributed by atoms with Crippen molar-refractivity contribution in [2.45, 2.75) is 45.6 Å². The molecule has 29 heavy (non-hydrogen) atoms. The maximum atomic E-state index is 12.9. The lowest BCUT2D eigenvalue weighted by molar-refractivity contribution is 0.101. The number of carbonyl (C=O) groups is 1. The third-order valence-corrected chi connectivity index (χ3v) is 5.90. The van der Waals surface area contributed by atoms with E-state index in [1.54, 1.807) is 6.07 Å². The first-order valence-electron chi connectivity index (χ1n) is 9.72. The first kappa shape index (κ1) is 22.9. The Morgan fingerprint density at radius 2 is 1.55 bits per heavy atom. The van der Waals surface area contributed by atoms with Crippen LogP contribution in [-0.4, -0.2) is 27.4 Å². The van der Waals surface area contributed by atoms with Crippen molar-refractivity contribution in [3.05, 3.63) is 53.6 Å². The van der Waals surface area contributed by atoms with Crippen LogP contribution in [-0.2, 0) is 10.0 Å². The van der Waals surface area contributed by atoms with E-state index in [1.165, 1.54) is 31.2 Å². The van der Waals surface area contributed by atoms with Gasteiger partial charge < -0.3 is 9.47 Å². The predicted molar refractivity (Wildman–Crippen MR) is 113 cm³/mol. The van der Waals surface area contributed by atoms with Gasteiger partial charge in [0.15, 0.2) is 17.3 Å². The Bertz CT molecular complexity index is 936. The molecule has 0 fully saturated rings. The van der Waals surface area contributed by atoms with Gasteiger partial charge in [-0.1, -0.05) is 32.0 Å². The molecule has 0 radical (unpaired) electrons. The Morgan fingerprint density at radius 3 is 2.07 bits per heavy atom. The Balaban J connectivity index is 2.36. The molecule has 2 aromatic rings. The molecule has 0 heterocycles. The Hall–Kier alpha value is -2.38. The first-order valence-corrected chi connectivity index (χ1v) is 11.2. The van der Waals surface area contributed by atoms with Crippen molar-refractivity contribution in [2.24, 2.45) is 5.92 Å². The quantitative estimate of drug-likeness (QED) is 0.579. The molecule has 0 aliphatic carbocycles. The van der Waals surface area contributed by atoms with Gasteiger partial charge in [-0.2, -0.15) is 0 Å². The molecular weight excluding hydrogens is 390 g/mol. The molecule has 7 heteroatoms. The molecule has 0 aliphatic rings. The number of hydrogen-bond donors (Lipinski definition) is 1. The molecule has 1 atom stereocenters. The summed E-state index contributed by atoms with van der Waals surface area (Å²) in [7, 11) is -3.77. The summed E-state index contributed by atoms with van der Waals surface area (Å²) >= 11 is 0. The molecule has 2 rings (SSSR count). The molecule has 0 amide bonds. The highest BCUT2D eigenvalue weighted by Crippen LogP contribution is 2.33. The van der Waals surface area contributed by atoms with Crippen LogP contribution in [0.15, 0.2) is 47.4 Å². The number of carbonyl (C=O) groups excluding carboxylic acids is 1. The summed E-state index contributed by atoms with van der Waals surface area (Å²) in [6.45, 7) is 10.1. The fraction of sp³-hybridized carbons (Fsp3) is 0.409. The molecule has 1 N–H and O–H groups in total. The van der Waals surface area contributed by atoms with Crippen LogP contribution in [0.1, 0.15) is 56.6 Å². The molecule has 0 aromatic heterocycles. The monoisotopic (exact) mass is 419 g/mol. The predicted octanol–water partition coefficient (Wildman–Crippen LogP) is 4.36. The number of Topliss-reactive ketones (excluding diaryl/α,β-unsaturated/α-hetero) is 1. The van der Waals surface area contributed by atoms with E-state index in [9.17, 15) is 13.2 Å². The van der Waals surface area contributed by atoms with Crippen LogP contribution in [0.3, 0.4) is 0 Å². The van der Waals surface area contributed by atoms with Crippen LogP contribution in [0.2, 0.25) is 0 Å². The van der Waals surface area contributed by atoms with E-state index < -0.39 is 16.1 Å². The Kier molecular flexibility index (Phi) is 7.81. The summed E-state index contributed by atoms with van der Waals surface area (Å²) in [5.74, 6) is 1.10. The van der Waals surface area contributed by atoms with E-state index >= 15 is 0 Å². The van der Waals surface area contributed by atoms with Crippen LogP contribution in [0.25, 0.3) is 0 Å². The number of hydrogen-bond acceptors (Lipinski definition) is 5. The van der Waals surface area contributed by atoms with Gasteiger partial charge in [-0.15, -0.1) is 0 Å². The minimum absolute atomic E-state index is 0.00584. The van der Waals surface area contributed by atoms with Crippen molar-refractivity contribution in [1.82, 2.24) is 4.72 Å². The van der Waals surface area contributed by atoms with Crippen LogP contribution in [0.4, 0.5) is 0 Å². The molecule has 0 saturated heterocycles. The van der Waals surface area contributed by atoms with Gasteiger partial charge in [-0.3, -0.25) is 4.79 Å². The lowest BCUT2D eigenvalue weighted by Crippen LogP contribution is -2.32. The smallest absolute Gasteiger partial charge is 0.241 e. The number of ketones is 1. The fourth-order valence-corrected chi connectivity index (χ4v) is 4.33. The van der Waals surface area contributed by atoms with Crippen LogP contribution in [0, 0.1) is 5.92 Å². The molecule has 0 aliphatic heterocycles. The van der Waals surface area contributed by atoms with E-state index in [4.69, 9.17) is 9.47 Å². The third-order valence-electron chi connectivity index (χ3n) is 4.45. The zero-order valence-corrected chi connectivity index (χ0v) is 18.4. The van der Waals surface area contributed by atoms with E-state index in [2.05, 4.69) is 4.72 Å². The standard InChI is InChI=1S/C22H29NO5S/c1-6-27-20-13-10-18(14-21(20)28-7-2)22(15(3)4)23-29(25,26)19-11-8-17(9-12-19)16(5)24/h8-15,22-23H,6-7H2,1-5H3. The normalized spacial score (nSPS) is 12.6. The average Bonchev–Trinajstić information content (AvgIpc) is 2.68. The molecule has 1 unspecified atom stereocenters. The van der Waals surface area contributed by atoms with Crippen molar-refractivity contribution < 1.29 is 22.7 Å². The minimum atomic E-state index is -3.77. The lowest BCUT2D eigenvalue weighted by Gasteiger charge is -2.24. The van der Waals surface area contributed by atoms with Crippen molar-refractivity contribution in [3.63, 3.8) is 0 Å². The van der Waals surface area contributed by atoms with Crippen molar-refractivity contribution >= 4 is 15.8 Å². The summed E-state index contributed by atoms with van der Waals surface area (Å²) in [6, 6.07) is 10.9. The van der Waals surface area contributed by atoms with E-state index in [0.717, 1.165) is 5.56 Å². The van der Waals surface area contributed by atoms with Gasteiger partial charge in [0, 0.05) is 11.6 Å². The number of nitrogens with one attached hydrogen (secondary N) is 1. The van der Waals surface area contributed by atoms with E-state index in [-0.39, 0.29) is 16.6 Å². The van der Waals surface area contributed by atoms with Gasteiger partial charge in [0.1, 0.15) is 0 Å². The SMILES string of the molecule is CCOc1ccc(C(NS(=O)(=O)c2ccc(C(C)=O)cc2)C(C)C)cc1OCC. The highest BCUT2D eigenvalue weighted by Gasteiger charge is 2.25. The van der Waals surface area contributed by atoms with Gasteiger partial charge in [0.05, 0.1) is 18.1 Å². The molecule has 158 valence electrons. The van der Waals surface area contributed by atoms with Gasteiger partial charge in [-0.25, -0.2) is 13.1 Å². The highest BCUT2D eigenvalue weighted by atomic mass is 32.2. The fourth-order valence-electron chi connectivity index (χ4n) is 2.95. The summed E-state index contributed by atoms with van der Waals surface area (Å²) in [6.07, 6.45) is 0. The maximum Gasteiger partial charge on any atom is 0.241 e. The van der Waals surface area contributed by atoms with Crippen LogP contribution >= 0.6 is 0 Å². The minimum Gasteiger partial charge on any atom is -0.490 e. The number of benzene rings is 2. The number of sulfonamides is 1. The van der Waals surface area contributed by atoms with Gasteiger partial charge in [0.2, 0.25) is 10.0 Å². The molecule has 2 aromatic carbocycles. The second-order valence-corrected chi connectivity index (χ2v) is 8.71. The summed E-state index contributed by atoms with van der Waals surface area (Å²) in [4.78, 5) is 11.5. The second-order valence-electron chi connectivity index (χ2n) is 7.00. The summed E-state index contributed by atoms with van der Waals surface area (Å²) in [5.41, 5.74) is 1.26. The summed E-state index contributed by atoms with van der Waals surface area (Å²) in [5, 5.41) is 0. The average molecular weight is 420 g/mol. The second kappa shape index (κ2) is 9.89. The highest BCUT2D eigenvalue weighted by molar-refractivity contribution is 7.89. The zero-order chi connectivity index (χ0) is 21.6. The molecule has 0 spiro atoms. The van der Waals surface area contributed by atoms with Crippen molar-refractivity contribution in [1.29, 1.82) is 0 Å². The first-order chi connectivity index (χ1) is 13.7. The zero-order valence-electron chi connectivity index (χ0n) is 17.6. The maximum absolute atomic E-state index is 12.9. The molecular formula is C22H29NO5S. The largest absolute Gasteiger partial charge is 0.490 e. The summed E-state index contributed by atoms with van der Waals surface area (Å²) < 4.78 is 39.9. The number of rotatable bonds is 10. The van der Waals surface area contributed by atoms with Crippen molar-refractivity contribution in [3.8, 4) is 11.5 Å². The third kappa shape index (κ3) is 5.81. The molecule has 0 saturated carbocycles. The Morgan fingerprint density at radius 1 is 0.966 bits per heavy atom. The lowest BCUT2D eigenvalue weighted by atomic mass is 9.97. The van der Waals surface area contributed by atoms with Crippen LogP contribution in [0.5, 0.6) is 11.5 Å². The van der Waals surface area contributed by atoms with E-state index in [1.807, 2.05) is 39.8 Å². The van der Waals surface area contributed by atoms with Gasteiger partial charge in [-0.05, 0) is 56.5 Å². The molecule has 0 bridgehead atoms. The molecule has 6 nitrogen and oxygen atoms in total. The van der Waals surface area contributed by atoms with Crippen molar-refractivity contribution in [2.75, 3.05) is 13.2 Å². The number of ether oxygens (including phenoxy) is 2. The van der Waals surface area contributed by atoms with Gasteiger partial charge >= 0.3 is 0 Å². The Labute approximate surface area is 173 Å².